The molecule has 0 aromatic heterocycles. The van der Waals surface area contributed by atoms with Crippen molar-refractivity contribution in [3.05, 3.63) is 35.4 Å². The number of benzene rings is 1. The fourth-order valence-electron chi connectivity index (χ4n) is 3.57. The summed E-state index contributed by atoms with van der Waals surface area (Å²) < 4.78 is 0. The van der Waals surface area contributed by atoms with Gasteiger partial charge >= 0.3 is 0 Å². The van der Waals surface area contributed by atoms with Crippen LogP contribution in [0, 0.1) is 17.8 Å². The zero-order valence-corrected chi connectivity index (χ0v) is 10.7. The highest BCUT2D eigenvalue weighted by Crippen LogP contribution is 2.56. The Morgan fingerprint density at radius 2 is 2.00 bits per heavy atom. The van der Waals surface area contributed by atoms with Gasteiger partial charge in [-0.05, 0) is 54.6 Å². The topological polar surface area (TPSA) is 26.0 Å². The predicted molar refractivity (Wildman–Crippen MR) is 71.7 cm³/mol. The lowest BCUT2D eigenvalue weighted by molar-refractivity contribution is 0.404. The molecule has 3 unspecified atom stereocenters. The number of rotatable bonds is 4. The molecule has 3 atom stereocenters. The molecule has 1 heteroatoms. The molecule has 0 bridgehead atoms. The van der Waals surface area contributed by atoms with Crippen LogP contribution in [0.2, 0.25) is 0 Å². The first kappa shape index (κ1) is 11.3. The van der Waals surface area contributed by atoms with E-state index in [1.807, 2.05) is 0 Å². The maximum Gasteiger partial charge on any atom is 0.0323 e. The second-order valence-corrected chi connectivity index (χ2v) is 6.01. The molecule has 1 aromatic carbocycles. The third-order valence-electron chi connectivity index (χ3n) is 4.66. The van der Waals surface area contributed by atoms with Crippen molar-refractivity contribution in [2.75, 3.05) is 0 Å². The van der Waals surface area contributed by atoms with Crippen molar-refractivity contribution < 1.29 is 0 Å². The minimum absolute atomic E-state index is 0.277. The lowest BCUT2D eigenvalue weighted by Gasteiger charge is -2.21. The lowest BCUT2D eigenvalue weighted by Crippen LogP contribution is -2.20. The average Bonchev–Trinajstić information content (AvgIpc) is 2.96. The second kappa shape index (κ2) is 4.45. The van der Waals surface area contributed by atoms with Crippen LogP contribution in [0.3, 0.4) is 0 Å². The van der Waals surface area contributed by atoms with Crippen molar-refractivity contribution in [2.24, 2.45) is 23.5 Å². The largest absolute Gasteiger partial charge is 0.324 e. The van der Waals surface area contributed by atoms with Crippen molar-refractivity contribution in [3.8, 4) is 0 Å². The summed E-state index contributed by atoms with van der Waals surface area (Å²) in [5.74, 6) is 2.81. The maximum absolute atomic E-state index is 6.45. The van der Waals surface area contributed by atoms with E-state index in [1.54, 1.807) is 0 Å². The van der Waals surface area contributed by atoms with Crippen molar-refractivity contribution >= 4 is 0 Å². The predicted octanol–water partition coefficient (Wildman–Crippen LogP) is 3.69. The Balaban J connectivity index is 1.71. The van der Waals surface area contributed by atoms with Gasteiger partial charge in [-0.1, -0.05) is 37.6 Å². The Kier molecular flexibility index (Phi) is 2.96. The van der Waals surface area contributed by atoms with Crippen LogP contribution in [0.5, 0.6) is 0 Å². The molecule has 2 aliphatic rings. The number of fused-ring (bicyclic) bond motifs is 1. The molecule has 92 valence electrons. The van der Waals surface area contributed by atoms with Gasteiger partial charge in [0.05, 0.1) is 0 Å². The average molecular weight is 229 g/mol. The molecule has 1 aromatic rings. The summed E-state index contributed by atoms with van der Waals surface area (Å²) in [4.78, 5) is 0. The zero-order valence-electron chi connectivity index (χ0n) is 10.7. The molecule has 17 heavy (non-hydrogen) atoms. The quantitative estimate of drug-likeness (QED) is 0.837. The third-order valence-corrected chi connectivity index (χ3v) is 4.66. The van der Waals surface area contributed by atoms with Gasteiger partial charge in [0.1, 0.15) is 0 Å². The highest BCUT2D eigenvalue weighted by atomic mass is 14.7. The van der Waals surface area contributed by atoms with Gasteiger partial charge in [-0.2, -0.15) is 0 Å². The summed E-state index contributed by atoms with van der Waals surface area (Å²) in [6, 6.07) is 9.23. The van der Waals surface area contributed by atoms with Gasteiger partial charge in [-0.25, -0.2) is 0 Å². The molecule has 1 nitrogen and oxygen atoms in total. The van der Waals surface area contributed by atoms with E-state index in [4.69, 9.17) is 5.73 Å². The molecular formula is C16H23N. The van der Waals surface area contributed by atoms with Gasteiger partial charge in [0, 0.05) is 6.04 Å². The van der Waals surface area contributed by atoms with E-state index in [0.29, 0.717) is 0 Å². The fourth-order valence-corrected chi connectivity index (χ4v) is 3.57. The molecule has 0 amide bonds. The van der Waals surface area contributed by atoms with E-state index in [9.17, 15) is 0 Å². The molecule has 2 fully saturated rings. The molecule has 0 aliphatic heterocycles. The van der Waals surface area contributed by atoms with E-state index in [-0.39, 0.29) is 6.04 Å². The first-order valence-electron chi connectivity index (χ1n) is 7.12. The summed E-state index contributed by atoms with van der Waals surface area (Å²) in [5.41, 5.74) is 9.26. The van der Waals surface area contributed by atoms with Crippen LogP contribution in [0.25, 0.3) is 0 Å². The Labute approximate surface area is 104 Å². The molecule has 2 N–H and O–H groups in total. The number of aryl methyl sites for hydroxylation is 1. The van der Waals surface area contributed by atoms with Crippen LogP contribution in [-0.2, 0) is 6.42 Å². The van der Waals surface area contributed by atoms with Gasteiger partial charge in [-0.15, -0.1) is 0 Å². The third kappa shape index (κ3) is 2.26. The summed E-state index contributed by atoms with van der Waals surface area (Å²) in [5, 5.41) is 0. The smallest absolute Gasteiger partial charge is 0.0323 e. The molecule has 3 rings (SSSR count). The van der Waals surface area contributed by atoms with E-state index in [2.05, 4.69) is 31.2 Å². The second-order valence-electron chi connectivity index (χ2n) is 6.01. The SMILES string of the molecule is CCCc1cccc(C(N)C2CC3CC3C2)c1. The summed E-state index contributed by atoms with van der Waals surface area (Å²) in [6.07, 6.45) is 6.63. The highest BCUT2D eigenvalue weighted by molar-refractivity contribution is 5.27. The van der Waals surface area contributed by atoms with E-state index in [1.165, 1.54) is 43.2 Å². The lowest BCUT2D eigenvalue weighted by atomic mass is 9.89. The zero-order chi connectivity index (χ0) is 11.8. The molecule has 0 radical (unpaired) electrons. The van der Waals surface area contributed by atoms with Crippen molar-refractivity contribution in [1.82, 2.24) is 0 Å². The number of hydrogen-bond acceptors (Lipinski definition) is 1. The van der Waals surface area contributed by atoms with Crippen LogP contribution in [0.1, 0.15) is 49.8 Å². The monoisotopic (exact) mass is 229 g/mol. The van der Waals surface area contributed by atoms with Crippen molar-refractivity contribution in [2.45, 2.75) is 45.1 Å². The van der Waals surface area contributed by atoms with Crippen LogP contribution in [0.15, 0.2) is 24.3 Å². The minimum Gasteiger partial charge on any atom is -0.324 e. The molecule has 0 saturated heterocycles. The van der Waals surface area contributed by atoms with Crippen LogP contribution < -0.4 is 5.73 Å². The van der Waals surface area contributed by atoms with Gasteiger partial charge in [0.25, 0.3) is 0 Å². The maximum atomic E-state index is 6.45. The Morgan fingerprint density at radius 1 is 1.24 bits per heavy atom. The van der Waals surface area contributed by atoms with Crippen molar-refractivity contribution in [1.29, 1.82) is 0 Å². The van der Waals surface area contributed by atoms with Gasteiger partial charge in [0.15, 0.2) is 0 Å². The minimum atomic E-state index is 0.277. The van der Waals surface area contributed by atoms with Crippen LogP contribution in [-0.4, -0.2) is 0 Å². The molecule has 0 spiro atoms. The molecule has 0 heterocycles. The Bertz CT molecular complexity index is 388. The molecular weight excluding hydrogens is 206 g/mol. The Morgan fingerprint density at radius 3 is 2.71 bits per heavy atom. The summed E-state index contributed by atoms with van der Waals surface area (Å²) in [6.45, 7) is 2.23. The van der Waals surface area contributed by atoms with Crippen LogP contribution in [0.4, 0.5) is 0 Å². The van der Waals surface area contributed by atoms with Crippen molar-refractivity contribution in [3.63, 3.8) is 0 Å². The summed E-state index contributed by atoms with van der Waals surface area (Å²) >= 11 is 0. The normalized spacial score (nSPS) is 32.2. The van der Waals surface area contributed by atoms with Gasteiger partial charge in [-0.3, -0.25) is 0 Å². The van der Waals surface area contributed by atoms with E-state index < -0.39 is 0 Å². The standard InChI is InChI=1S/C16H23N/c1-2-4-11-5-3-6-12(7-11)16(17)15-9-13-8-14(13)10-15/h3,5-7,13-16H,2,4,8-10,17H2,1H3. The fraction of sp³-hybridized carbons (Fsp3) is 0.625. The molecule has 2 saturated carbocycles. The Hall–Kier alpha value is -0.820. The number of hydrogen-bond donors (Lipinski definition) is 1. The van der Waals surface area contributed by atoms with E-state index >= 15 is 0 Å². The molecule has 2 aliphatic carbocycles. The van der Waals surface area contributed by atoms with E-state index in [0.717, 1.165) is 17.8 Å². The first-order valence-corrected chi connectivity index (χ1v) is 7.12. The highest BCUT2D eigenvalue weighted by Gasteiger charge is 2.47. The van der Waals surface area contributed by atoms with Gasteiger partial charge < -0.3 is 5.73 Å². The summed E-state index contributed by atoms with van der Waals surface area (Å²) in [7, 11) is 0. The van der Waals surface area contributed by atoms with Gasteiger partial charge in [0.2, 0.25) is 0 Å². The number of nitrogens with two attached hydrogens (primary N) is 1. The van der Waals surface area contributed by atoms with Crippen LogP contribution >= 0.6 is 0 Å². The first-order chi connectivity index (χ1) is 8.28.